The third-order valence-electron chi connectivity index (χ3n) is 2.48. The van der Waals surface area contributed by atoms with Crippen molar-refractivity contribution >= 4 is 5.91 Å². The molecular weight excluding hydrogens is 218 g/mol. The van der Waals surface area contributed by atoms with Gasteiger partial charge in [-0.05, 0) is 17.4 Å². The molecule has 2 rings (SSSR count). The van der Waals surface area contributed by atoms with Gasteiger partial charge in [-0.25, -0.2) is 0 Å². The van der Waals surface area contributed by atoms with Crippen molar-refractivity contribution < 1.29 is 4.79 Å². The maximum absolute atomic E-state index is 11.7. The third-order valence-corrected chi connectivity index (χ3v) is 2.48. The lowest BCUT2D eigenvalue weighted by molar-refractivity contribution is -0.122. The monoisotopic (exact) mass is 231 g/mol. The zero-order chi connectivity index (χ0) is 12.1. The Balaban J connectivity index is 2.26. The summed E-state index contributed by atoms with van der Waals surface area (Å²) >= 11 is 0. The van der Waals surface area contributed by atoms with Crippen LogP contribution < -0.4 is 5.32 Å². The Kier molecular flexibility index (Phi) is 3.22. The summed E-state index contributed by atoms with van der Waals surface area (Å²) in [4.78, 5) is 11.7. The van der Waals surface area contributed by atoms with Crippen LogP contribution >= 0.6 is 0 Å². The molecule has 1 aliphatic rings. The van der Waals surface area contributed by atoms with Gasteiger partial charge in [0.15, 0.2) is 0 Å². The summed E-state index contributed by atoms with van der Waals surface area (Å²) in [5.41, 5.74) is -0.170. The van der Waals surface area contributed by atoms with E-state index in [0.717, 1.165) is 5.56 Å². The van der Waals surface area contributed by atoms with Crippen molar-refractivity contribution in [2.24, 2.45) is 20.7 Å². The molecule has 0 saturated carbocycles. The highest BCUT2D eigenvalue weighted by molar-refractivity contribution is 5.77. The van der Waals surface area contributed by atoms with Crippen LogP contribution in [0.5, 0.6) is 0 Å². The van der Waals surface area contributed by atoms with E-state index in [4.69, 9.17) is 0 Å². The molecule has 6 heteroatoms. The number of hydrogen-bond acceptors (Lipinski definition) is 5. The number of hydrogen-bond donors (Lipinski definition) is 1. The fourth-order valence-corrected chi connectivity index (χ4v) is 1.68. The molecule has 1 aromatic carbocycles. The zero-order valence-electron chi connectivity index (χ0n) is 9.50. The number of nitrogens with zero attached hydrogens (tertiary/aromatic N) is 4. The molecule has 0 aromatic heterocycles. The zero-order valence-corrected chi connectivity index (χ0v) is 9.50. The van der Waals surface area contributed by atoms with Crippen molar-refractivity contribution in [1.29, 1.82) is 0 Å². The minimum atomic E-state index is -0.986. The summed E-state index contributed by atoms with van der Waals surface area (Å²) < 4.78 is 0. The first kappa shape index (κ1) is 11.4. The number of nitrogens with one attached hydrogen (secondary N) is 1. The molecule has 0 spiro atoms. The summed E-state index contributed by atoms with van der Waals surface area (Å²) in [6, 6.07) is 9.37. The van der Waals surface area contributed by atoms with Crippen LogP contribution in [-0.4, -0.2) is 12.5 Å². The Morgan fingerprint density at radius 2 is 1.88 bits per heavy atom. The molecule has 1 aromatic rings. The molecule has 1 heterocycles. The molecule has 0 unspecified atom stereocenters. The molecule has 88 valence electrons. The van der Waals surface area contributed by atoms with Gasteiger partial charge in [-0.2, -0.15) is 0 Å². The van der Waals surface area contributed by atoms with Crippen LogP contribution in [0.15, 0.2) is 51.0 Å². The molecule has 1 aliphatic heterocycles. The molecule has 17 heavy (non-hydrogen) atoms. The molecule has 0 radical (unpaired) electrons. The van der Waals surface area contributed by atoms with Gasteiger partial charge in [0.05, 0.1) is 6.42 Å². The molecular formula is C11H13N5O. The predicted octanol–water partition coefficient (Wildman–Crippen LogP) is 2.20. The van der Waals surface area contributed by atoms with Gasteiger partial charge in [-0.15, -0.1) is 10.2 Å². The lowest BCUT2D eigenvalue weighted by atomic mass is 9.97. The van der Waals surface area contributed by atoms with E-state index in [9.17, 15) is 4.79 Å². The van der Waals surface area contributed by atoms with Crippen LogP contribution in [0.4, 0.5) is 0 Å². The maximum atomic E-state index is 11.7. The van der Waals surface area contributed by atoms with E-state index in [1.54, 1.807) is 0 Å². The quantitative estimate of drug-likeness (QED) is 0.847. The normalized spacial score (nSPS) is 16.1. The fraction of sp³-hybridized carbons (Fsp3) is 0.364. The lowest BCUT2D eigenvalue weighted by Gasteiger charge is -2.19. The van der Waals surface area contributed by atoms with Gasteiger partial charge < -0.3 is 5.32 Å². The smallest absolute Gasteiger partial charge is 0.228 e. The summed E-state index contributed by atoms with van der Waals surface area (Å²) in [6.07, 6.45) is 0.123. The Morgan fingerprint density at radius 1 is 1.24 bits per heavy atom. The van der Waals surface area contributed by atoms with E-state index >= 15 is 0 Å². The van der Waals surface area contributed by atoms with Gasteiger partial charge in [0, 0.05) is 12.1 Å². The van der Waals surface area contributed by atoms with Crippen LogP contribution in [-0.2, 0) is 10.5 Å². The molecule has 1 amide bonds. The van der Waals surface area contributed by atoms with Gasteiger partial charge in [0.1, 0.15) is 0 Å². The van der Waals surface area contributed by atoms with Crippen molar-refractivity contribution in [1.82, 2.24) is 5.32 Å². The van der Waals surface area contributed by atoms with Crippen LogP contribution in [0.3, 0.4) is 0 Å². The summed E-state index contributed by atoms with van der Waals surface area (Å²) in [6.45, 7) is 2.45. The minimum absolute atomic E-state index is 0.115. The second-order valence-electron chi connectivity index (χ2n) is 3.69. The van der Waals surface area contributed by atoms with Crippen LogP contribution in [0.1, 0.15) is 18.9 Å². The van der Waals surface area contributed by atoms with Gasteiger partial charge >= 0.3 is 0 Å². The maximum Gasteiger partial charge on any atom is 0.228 e. The predicted molar refractivity (Wildman–Crippen MR) is 61.1 cm³/mol. The van der Waals surface area contributed by atoms with Crippen molar-refractivity contribution in [3.05, 3.63) is 35.9 Å². The first-order valence-corrected chi connectivity index (χ1v) is 5.43. The highest BCUT2D eigenvalue weighted by Gasteiger charge is 2.37. The Bertz CT molecular complexity index is 442. The molecule has 0 atom stereocenters. The SMILES string of the molecule is CCNC(=O)CC1(c2ccccc2)N=NN=N1. The molecule has 0 bridgehead atoms. The van der Waals surface area contributed by atoms with Gasteiger partial charge in [0.25, 0.3) is 0 Å². The van der Waals surface area contributed by atoms with E-state index in [0.29, 0.717) is 6.54 Å². The third kappa shape index (κ3) is 2.35. The van der Waals surface area contributed by atoms with Crippen LogP contribution in [0.2, 0.25) is 0 Å². The average Bonchev–Trinajstić information content (AvgIpc) is 2.80. The molecule has 6 nitrogen and oxygen atoms in total. The second kappa shape index (κ2) is 4.82. The average molecular weight is 231 g/mol. The Hall–Kier alpha value is -2.11. The van der Waals surface area contributed by atoms with Crippen molar-refractivity contribution in [2.45, 2.75) is 19.0 Å². The van der Waals surface area contributed by atoms with E-state index in [1.165, 1.54) is 0 Å². The standard InChI is InChI=1S/C11H13N5O/c1-2-12-10(17)8-11(13-15-16-14-11)9-6-4-3-5-7-9/h3-7H,2,8H2,1H3,(H,12,17). The van der Waals surface area contributed by atoms with Gasteiger partial charge in [-0.1, -0.05) is 30.3 Å². The van der Waals surface area contributed by atoms with E-state index in [2.05, 4.69) is 26.0 Å². The number of carbonyl (C=O) groups is 1. The van der Waals surface area contributed by atoms with Crippen molar-refractivity contribution in [3.8, 4) is 0 Å². The first-order chi connectivity index (χ1) is 8.27. The fourth-order valence-electron chi connectivity index (χ4n) is 1.68. The Labute approximate surface area is 98.8 Å². The van der Waals surface area contributed by atoms with E-state index in [1.807, 2.05) is 37.3 Å². The molecule has 0 saturated heterocycles. The summed E-state index contributed by atoms with van der Waals surface area (Å²) in [7, 11) is 0. The van der Waals surface area contributed by atoms with Gasteiger partial charge in [-0.3, -0.25) is 4.79 Å². The number of amides is 1. The lowest BCUT2D eigenvalue weighted by Crippen LogP contribution is -2.31. The number of benzene rings is 1. The van der Waals surface area contributed by atoms with Crippen molar-refractivity contribution in [2.75, 3.05) is 6.54 Å². The Morgan fingerprint density at radius 3 is 2.47 bits per heavy atom. The molecule has 0 aliphatic carbocycles. The van der Waals surface area contributed by atoms with Crippen LogP contribution in [0.25, 0.3) is 0 Å². The first-order valence-electron chi connectivity index (χ1n) is 5.43. The largest absolute Gasteiger partial charge is 0.356 e. The van der Waals surface area contributed by atoms with Crippen LogP contribution in [0, 0.1) is 0 Å². The van der Waals surface area contributed by atoms with E-state index < -0.39 is 5.66 Å². The second-order valence-corrected chi connectivity index (χ2v) is 3.69. The molecule has 1 N–H and O–H groups in total. The number of carbonyl (C=O) groups excluding carboxylic acids is 1. The minimum Gasteiger partial charge on any atom is -0.356 e. The summed E-state index contributed by atoms with van der Waals surface area (Å²) in [5.74, 6) is -0.115. The summed E-state index contributed by atoms with van der Waals surface area (Å²) in [5, 5.41) is 17.8. The topological polar surface area (TPSA) is 78.5 Å². The van der Waals surface area contributed by atoms with Gasteiger partial charge in [0.2, 0.25) is 11.6 Å². The van der Waals surface area contributed by atoms with Crippen molar-refractivity contribution in [3.63, 3.8) is 0 Å². The van der Waals surface area contributed by atoms with E-state index in [-0.39, 0.29) is 12.3 Å². The highest BCUT2D eigenvalue weighted by Crippen LogP contribution is 2.35. The highest BCUT2D eigenvalue weighted by atomic mass is 16.1. The molecule has 0 fully saturated rings. The number of rotatable bonds is 4.